The summed E-state index contributed by atoms with van der Waals surface area (Å²) in [7, 11) is 0. The summed E-state index contributed by atoms with van der Waals surface area (Å²) < 4.78 is 1.56. The molecule has 0 saturated carbocycles. The van der Waals surface area contributed by atoms with Gasteiger partial charge in [-0.2, -0.15) is 5.26 Å². The zero-order chi connectivity index (χ0) is 12.4. The lowest BCUT2D eigenvalue weighted by atomic mass is 10.2. The van der Waals surface area contributed by atoms with Gasteiger partial charge in [0, 0.05) is 6.20 Å². The third-order valence-corrected chi connectivity index (χ3v) is 2.45. The molecule has 0 bridgehead atoms. The van der Waals surface area contributed by atoms with E-state index in [1.807, 2.05) is 6.07 Å². The van der Waals surface area contributed by atoms with Crippen LogP contribution in [0.3, 0.4) is 0 Å². The molecule has 4 N–H and O–H groups in total. The van der Waals surface area contributed by atoms with Gasteiger partial charge in [0.25, 0.3) is 0 Å². The van der Waals surface area contributed by atoms with Gasteiger partial charge in [0.2, 0.25) is 0 Å². The Kier molecular flexibility index (Phi) is 2.91. The third kappa shape index (κ3) is 1.91. The van der Waals surface area contributed by atoms with E-state index >= 15 is 0 Å². The topological polar surface area (TPSA) is 122 Å². The van der Waals surface area contributed by atoms with Crippen molar-refractivity contribution in [3.05, 3.63) is 23.6 Å². The number of aliphatic hydroxyl groups excluding tert-OH is 2. The van der Waals surface area contributed by atoms with Crippen LogP contribution in [0.15, 0.2) is 12.5 Å². The van der Waals surface area contributed by atoms with Gasteiger partial charge < -0.3 is 19.8 Å². The number of nitrogens with zero attached hydrogens (tertiary/aromatic N) is 3. The average molecular weight is 233 g/mol. The van der Waals surface area contributed by atoms with Crippen LogP contribution < -0.4 is 5.49 Å². The highest BCUT2D eigenvalue weighted by Gasteiger charge is 2.11. The smallest absolute Gasteiger partial charge is 0.158 e. The lowest BCUT2D eigenvalue weighted by molar-refractivity contribution is 0.0817. The monoisotopic (exact) mass is 233 g/mol. The molecule has 0 aliphatic heterocycles. The number of aromatic amines is 1. The first-order chi connectivity index (χ1) is 8.17. The van der Waals surface area contributed by atoms with Gasteiger partial charge >= 0.3 is 0 Å². The van der Waals surface area contributed by atoms with Crippen molar-refractivity contribution in [3.8, 4) is 6.07 Å². The molecule has 2 aromatic heterocycles. The molecule has 2 heterocycles. The van der Waals surface area contributed by atoms with Crippen LogP contribution in [0.5, 0.6) is 0 Å². The molecular weight excluding hydrogens is 222 g/mol. The molecule has 2 rings (SSSR count). The molecule has 88 valence electrons. The van der Waals surface area contributed by atoms with Gasteiger partial charge in [-0.25, -0.2) is 4.98 Å². The summed E-state index contributed by atoms with van der Waals surface area (Å²) in [4.78, 5) is 6.71. The first-order valence-electron chi connectivity index (χ1n) is 4.97. The van der Waals surface area contributed by atoms with Gasteiger partial charge in [-0.1, -0.05) is 0 Å². The van der Waals surface area contributed by atoms with Crippen molar-refractivity contribution in [2.45, 2.75) is 12.6 Å². The second-order valence-corrected chi connectivity index (χ2v) is 3.62. The van der Waals surface area contributed by atoms with Gasteiger partial charge in [-0.3, -0.25) is 5.41 Å². The Labute approximate surface area is 96.1 Å². The van der Waals surface area contributed by atoms with E-state index in [-0.39, 0.29) is 18.6 Å². The minimum Gasteiger partial charge on any atom is -0.394 e. The van der Waals surface area contributed by atoms with Crippen molar-refractivity contribution in [1.29, 1.82) is 10.7 Å². The Bertz CT molecular complexity index is 636. The molecule has 0 aliphatic rings. The molecule has 7 nitrogen and oxygen atoms in total. The molecule has 7 heteroatoms. The highest BCUT2D eigenvalue weighted by molar-refractivity contribution is 5.81. The van der Waals surface area contributed by atoms with Crippen molar-refractivity contribution in [2.24, 2.45) is 0 Å². The van der Waals surface area contributed by atoms with E-state index in [0.29, 0.717) is 16.6 Å². The summed E-state index contributed by atoms with van der Waals surface area (Å²) in [5.41, 5.74) is 0.881. The van der Waals surface area contributed by atoms with Crippen LogP contribution in [-0.2, 0) is 6.54 Å². The van der Waals surface area contributed by atoms with E-state index in [1.54, 1.807) is 4.57 Å². The first-order valence-corrected chi connectivity index (χ1v) is 4.97. The van der Waals surface area contributed by atoms with Gasteiger partial charge in [0.05, 0.1) is 36.5 Å². The van der Waals surface area contributed by atoms with E-state index in [0.717, 1.165) is 0 Å². The van der Waals surface area contributed by atoms with E-state index in [4.69, 9.17) is 15.8 Å². The highest BCUT2D eigenvalue weighted by Crippen LogP contribution is 2.12. The van der Waals surface area contributed by atoms with Gasteiger partial charge in [0.1, 0.15) is 11.7 Å². The van der Waals surface area contributed by atoms with Crippen LogP contribution in [0.1, 0.15) is 5.56 Å². The lowest BCUT2D eigenvalue weighted by Gasteiger charge is -2.11. The van der Waals surface area contributed by atoms with Crippen molar-refractivity contribution >= 4 is 11.0 Å². The predicted molar refractivity (Wildman–Crippen MR) is 57.7 cm³/mol. The van der Waals surface area contributed by atoms with Gasteiger partial charge in [0.15, 0.2) is 5.49 Å². The maximum atomic E-state index is 9.38. The van der Waals surface area contributed by atoms with Crippen LogP contribution in [0, 0.1) is 16.7 Å². The maximum Gasteiger partial charge on any atom is 0.158 e. The fourth-order valence-electron chi connectivity index (χ4n) is 1.64. The highest BCUT2D eigenvalue weighted by atomic mass is 16.3. The van der Waals surface area contributed by atoms with E-state index in [2.05, 4.69) is 9.97 Å². The summed E-state index contributed by atoms with van der Waals surface area (Å²) in [6.07, 6.45) is 1.98. The van der Waals surface area contributed by atoms with Crippen molar-refractivity contribution in [1.82, 2.24) is 14.5 Å². The zero-order valence-electron chi connectivity index (χ0n) is 8.88. The Morgan fingerprint density at radius 1 is 1.65 bits per heavy atom. The SMILES string of the molecule is N#Cc1c[nH]c2c1c(=N)ncn2C[C@H](O)CO. The fraction of sp³-hybridized carbons (Fsp3) is 0.300. The number of fused-ring (bicyclic) bond motifs is 1. The third-order valence-electron chi connectivity index (χ3n) is 2.45. The van der Waals surface area contributed by atoms with Crippen LogP contribution in [-0.4, -0.2) is 37.5 Å². The summed E-state index contributed by atoms with van der Waals surface area (Å²) in [5.74, 6) is 0. The minimum absolute atomic E-state index is 0.00698. The molecular formula is C10H11N5O2. The minimum atomic E-state index is -0.907. The summed E-state index contributed by atoms with van der Waals surface area (Å²) in [5, 5.41) is 35.1. The number of hydrogen-bond donors (Lipinski definition) is 4. The summed E-state index contributed by atoms with van der Waals surface area (Å²) in [6.45, 7) is -0.214. The number of aromatic nitrogens is 3. The molecule has 0 spiro atoms. The molecule has 0 aromatic carbocycles. The number of nitriles is 1. The summed E-state index contributed by atoms with van der Waals surface area (Å²) >= 11 is 0. The molecule has 2 aromatic rings. The Balaban J connectivity index is 2.60. The van der Waals surface area contributed by atoms with Crippen LogP contribution in [0.4, 0.5) is 0 Å². The van der Waals surface area contributed by atoms with E-state index < -0.39 is 6.10 Å². The number of hydrogen-bond acceptors (Lipinski definition) is 5. The van der Waals surface area contributed by atoms with Crippen LogP contribution >= 0.6 is 0 Å². The Morgan fingerprint density at radius 3 is 3.06 bits per heavy atom. The summed E-state index contributed by atoms with van der Waals surface area (Å²) in [6, 6.07) is 1.97. The number of H-pyrrole nitrogens is 1. The number of rotatable bonds is 3. The lowest BCUT2D eigenvalue weighted by Crippen LogP contribution is -2.22. The number of nitrogens with one attached hydrogen (secondary N) is 2. The molecule has 0 unspecified atom stereocenters. The van der Waals surface area contributed by atoms with Crippen LogP contribution in [0.25, 0.3) is 11.0 Å². The van der Waals surface area contributed by atoms with Crippen LogP contribution in [0.2, 0.25) is 0 Å². The second kappa shape index (κ2) is 4.37. The normalized spacial score (nSPS) is 12.5. The molecule has 1 atom stereocenters. The van der Waals surface area contributed by atoms with E-state index in [9.17, 15) is 5.11 Å². The Hall–Kier alpha value is -2.17. The van der Waals surface area contributed by atoms with Gasteiger partial charge in [-0.05, 0) is 0 Å². The molecule has 0 amide bonds. The van der Waals surface area contributed by atoms with Gasteiger partial charge in [-0.15, -0.1) is 0 Å². The van der Waals surface area contributed by atoms with E-state index in [1.165, 1.54) is 12.5 Å². The fourth-order valence-corrected chi connectivity index (χ4v) is 1.64. The van der Waals surface area contributed by atoms with Crippen molar-refractivity contribution in [2.75, 3.05) is 6.61 Å². The number of aliphatic hydroxyl groups is 2. The molecule has 0 aliphatic carbocycles. The second-order valence-electron chi connectivity index (χ2n) is 3.62. The quantitative estimate of drug-likeness (QED) is 0.547. The maximum absolute atomic E-state index is 9.38. The molecule has 0 fully saturated rings. The zero-order valence-corrected chi connectivity index (χ0v) is 8.88. The molecule has 0 radical (unpaired) electrons. The standard InChI is InChI=1S/C10H11N5O2/c11-1-6-2-13-10-8(6)9(12)14-5-15(10)3-7(17)4-16/h2,5,7,12-13,16-17H,3-4H2/t7-/m0/s1. The molecule has 0 saturated heterocycles. The van der Waals surface area contributed by atoms with Crippen molar-refractivity contribution in [3.63, 3.8) is 0 Å². The average Bonchev–Trinajstić information content (AvgIpc) is 2.77. The Morgan fingerprint density at radius 2 is 2.41 bits per heavy atom. The van der Waals surface area contributed by atoms with Crippen molar-refractivity contribution < 1.29 is 10.2 Å². The largest absolute Gasteiger partial charge is 0.394 e. The molecule has 17 heavy (non-hydrogen) atoms. The first kappa shape index (κ1) is 11.3. The predicted octanol–water partition coefficient (Wildman–Crippen LogP) is -0.931.